The molecule has 6 N–H and O–H groups in total. The summed E-state index contributed by atoms with van der Waals surface area (Å²) in [5.41, 5.74) is 5.63. The van der Waals surface area contributed by atoms with E-state index in [1.54, 1.807) is 0 Å². The van der Waals surface area contributed by atoms with E-state index in [2.05, 4.69) is 19.9 Å². The zero-order valence-corrected chi connectivity index (χ0v) is 5.96. The predicted molar refractivity (Wildman–Crippen MR) is 42.5 cm³/mol. The maximum atomic E-state index is 11.0. The predicted octanol–water partition coefficient (Wildman–Crippen LogP) is -1.60. The van der Waals surface area contributed by atoms with Gasteiger partial charge >= 0.3 is 0 Å². The van der Waals surface area contributed by atoms with Crippen LogP contribution in [0.25, 0.3) is 11.2 Å². The van der Waals surface area contributed by atoms with Crippen molar-refractivity contribution < 1.29 is 5.48 Å². The lowest BCUT2D eigenvalue weighted by molar-refractivity contribution is 0.824. The quantitative estimate of drug-likeness (QED) is 0.438. The second-order valence-corrected chi connectivity index (χ2v) is 2.05. The van der Waals surface area contributed by atoms with E-state index in [0.29, 0.717) is 5.65 Å². The number of aromatic nitrogens is 4. The first-order chi connectivity index (χ1) is 5.27. The van der Waals surface area contributed by atoms with Gasteiger partial charge in [0.05, 0.1) is 6.33 Å². The van der Waals surface area contributed by atoms with Crippen molar-refractivity contribution in [1.29, 1.82) is 0 Å². The van der Waals surface area contributed by atoms with Crippen molar-refractivity contribution in [3.05, 3.63) is 16.7 Å². The van der Waals surface area contributed by atoms with Crippen molar-refractivity contribution in [2.24, 2.45) is 0 Å². The average molecular weight is 169 g/mol. The molecule has 0 aliphatic heterocycles. The number of nitrogens with two attached hydrogens (primary N) is 1. The minimum Gasteiger partial charge on any atom is -0.412 e. The van der Waals surface area contributed by atoms with Gasteiger partial charge in [0.2, 0.25) is 5.95 Å². The Bertz CT molecular complexity index is 444. The molecule has 2 heterocycles. The molecule has 7 nitrogen and oxygen atoms in total. The highest BCUT2D eigenvalue weighted by Gasteiger charge is 2.01. The van der Waals surface area contributed by atoms with Crippen molar-refractivity contribution in [2.75, 3.05) is 5.73 Å². The standard InChI is InChI=1S/C5H5N5O.H2O/c6-5-9-3-2(4(11)10-5)7-1-8-3;/h1H,(H4,6,7,8,9,10,11);1H2. The van der Waals surface area contributed by atoms with Crippen LogP contribution in [0.15, 0.2) is 11.1 Å². The molecule has 0 radical (unpaired) electrons. The summed E-state index contributed by atoms with van der Waals surface area (Å²) in [7, 11) is 0. The molecule has 2 rings (SSSR count). The van der Waals surface area contributed by atoms with Gasteiger partial charge in [-0.3, -0.25) is 9.78 Å². The largest absolute Gasteiger partial charge is 0.412 e. The summed E-state index contributed by atoms with van der Waals surface area (Å²) in [6, 6.07) is 0. The van der Waals surface area contributed by atoms with Gasteiger partial charge in [-0.2, -0.15) is 4.98 Å². The normalized spacial score (nSPS) is 9.67. The number of nitrogens with zero attached hydrogens (tertiary/aromatic N) is 2. The van der Waals surface area contributed by atoms with Crippen LogP contribution in [0.2, 0.25) is 0 Å². The summed E-state index contributed by atoms with van der Waals surface area (Å²) in [6.45, 7) is 0. The molecule has 7 heteroatoms. The van der Waals surface area contributed by atoms with Crippen LogP contribution in [0, 0.1) is 0 Å². The van der Waals surface area contributed by atoms with Crippen molar-refractivity contribution in [1.82, 2.24) is 19.9 Å². The summed E-state index contributed by atoms with van der Waals surface area (Å²) in [5.74, 6) is 0.0896. The topological polar surface area (TPSA) is 132 Å². The lowest BCUT2D eigenvalue weighted by Gasteiger charge is -1.89. The fourth-order valence-electron chi connectivity index (χ4n) is 0.863. The first-order valence-corrected chi connectivity index (χ1v) is 2.96. The van der Waals surface area contributed by atoms with Gasteiger partial charge in [-0.15, -0.1) is 0 Å². The van der Waals surface area contributed by atoms with Crippen LogP contribution in [0.1, 0.15) is 0 Å². The van der Waals surface area contributed by atoms with E-state index in [-0.39, 0.29) is 22.5 Å². The lowest BCUT2D eigenvalue weighted by atomic mass is 10.5. The molecule has 0 saturated carbocycles. The number of hydrogen-bond donors (Lipinski definition) is 3. The van der Waals surface area contributed by atoms with Crippen LogP contribution < -0.4 is 11.3 Å². The van der Waals surface area contributed by atoms with Gasteiger partial charge in [0.15, 0.2) is 11.2 Å². The number of rotatable bonds is 0. The van der Waals surface area contributed by atoms with Crippen LogP contribution in [-0.2, 0) is 0 Å². The molecule has 0 unspecified atom stereocenters. The Morgan fingerprint density at radius 2 is 2.25 bits per heavy atom. The van der Waals surface area contributed by atoms with Gasteiger partial charge in [-0.05, 0) is 0 Å². The highest BCUT2D eigenvalue weighted by Crippen LogP contribution is 1.98. The van der Waals surface area contributed by atoms with Gasteiger partial charge in [0, 0.05) is 0 Å². The molecule has 2 aromatic rings. The molecule has 0 fully saturated rings. The van der Waals surface area contributed by atoms with Crippen molar-refractivity contribution >= 4 is 17.1 Å². The summed E-state index contributed by atoms with van der Waals surface area (Å²) in [6.07, 6.45) is 1.40. The monoisotopic (exact) mass is 169 g/mol. The SMILES string of the molecule is Nc1nc2[nH]cnc2c(=O)[nH]1.O. The number of fused-ring (bicyclic) bond motifs is 1. The molecule has 2 aromatic heterocycles. The Morgan fingerprint density at radius 1 is 1.50 bits per heavy atom. The molecule has 0 spiro atoms. The van der Waals surface area contributed by atoms with Crippen LogP contribution in [0.3, 0.4) is 0 Å². The zero-order chi connectivity index (χ0) is 7.84. The summed E-state index contributed by atoms with van der Waals surface area (Å²) in [5, 5.41) is 0. The van der Waals surface area contributed by atoms with Crippen LogP contribution in [0.4, 0.5) is 5.95 Å². The van der Waals surface area contributed by atoms with E-state index < -0.39 is 0 Å². The Kier molecular flexibility index (Phi) is 1.80. The van der Waals surface area contributed by atoms with E-state index in [1.165, 1.54) is 6.33 Å². The highest BCUT2D eigenvalue weighted by molar-refractivity contribution is 5.69. The number of aromatic amines is 2. The number of nitrogens with one attached hydrogen (secondary N) is 2. The maximum Gasteiger partial charge on any atom is 0.280 e. The van der Waals surface area contributed by atoms with E-state index in [1.807, 2.05) is 0 Å². The molecular formula is C5H7N5O2. The number of imidazole rings is 1. The summed E-state index contributed by atoms with van der Waals surface area (Å²) in [4.78, 5) is 23.6. The Balaban J connectivity index is 0.000000720. The minimum atomic E-state index is -0.325. The van der Waals surface area contributed by atoms with Crippen molar-refractivity contribution in [2.45, 2.75) is 0 Å². The molecule has 64 valence electrons. The smallest absolute Gasteiger partial charge is 0.280 e. The zero-order valence-electron chi connectivity index (χ0n) is 5.96. The second-order valence-electron chi connectivity index (χ2n) is 2.05. The number of anilines is 1. The van der Waals surface area contributed by atoms with E-state index in [0.717, 1.165) is 0 Å². The van der Waals surface area contributed by atoms with Gasteiger partial charge in [-0.25, -0.2) is 4.98 Å². The molecule has 0 atom stereocenters. The molecular weight excluding hydrogens is 162 g/mol. The van der Waals surface area contributed by atoms with Crippen molar-refractivity contribution in [3.63, 3.8) is 0 Å². The third kappa shape index (κ3) is 1.01. The highest BCUT2D eigenvalue weighted by atomic mass is 16.1. The third-order valence-corrected chi connectivity index (χ3v) is 1.31. The number of nitrogen functional groups attached to an aromatic ring is 1. The van der Waals surface area contributed by atoms with Gasteiger partial charge in [-0.1, -0.05) is 0 Å². The Hall–Kier alpha value is -1.89. The van der Waals surface area contributed by atoms with Crippen LogP contribution in [-0.4, -0.2) is 25.4 Å². The van der Waals surface area contributed by atoms with Crippen LogP contribution >= 0.6 is 0 Å². The molecule has 0 aliphatic carbocycles. The summed E-state index contributed by atoms with van der Waals surface area (Å²) >= 11 is 0. The molecule has 0 aromatic carbocycles. The minimum absolute atomic E-state index is 0. The molecule has 0 bridgehead atoms. The van der Waals surface area contributed by atoms with E-state index in [9.17, 15) is 4.79 Å². The molecule has 0 amide bonds. The maximum absolute atomic E-state index is 11.0. The fraction of sp³-hybridized carbons (Fsp3) is 0. The second kappa shape index (κ2) is 2.62. The average Bonchev–Trinajstić information content (AvgIpc) is 2.34. The van der Waals surface area contributed by atoms with Gasteiger partial charge in [0.1, 0.15) is 0 Å². The van der Waals surface area contributed by atoms with Gasteiger partial charge < -0.3 is 16.2 Å². The molecule has 0 saturated heterocycles. The van der Waals surface area contributed by atoms with E-state index in [4.69, 9.17) is 5.73 Å². The first kappa shape index (κ1) is 8.21. The summed E-state index contributed by atoms with van der Waals surface area (Å²) < 4.78 is 0. The number of H-pyrrole nitrogens is 2. The van der Waals surface area contributed by atoms with Crippen LogP contribution in [0.5, 0.6) is 0 Å². The number of hydrogen-bond acceptors (Lipinski definition) is 4. The lowest BCUT2D eigenvalue weighted by Crippen LogP contribution is -2.10. The Labute approximate surface area is 66.0 Å². The van der Waals surface area contributed by atoms with E-state index >= 15 is 0 Å². The van der Waals surface area contributed by atoms with Crippen molar-refractivity contribution in [3.8, 4) is 0 Å². The Morgan fingerprint density at radius 3 is 3.00 bits per heavy atom. The fourth-order valence-corrected chi connectivity index (χ4v) is 0.863. The molecule has 0 aliphatic rings. The van der Waals surface area contributed by atoms with Gasteiger partial charge in [0.25, 0.3) is 5.56 Å². The molecule has 12 heavy (non-hydrogen) atoms. The third-order valence-electron chi connectivity index (χ3n) is 1.31. The first-order valence-electron chi connectivity index (χ1n) is 2.96.